The van der Waals surface area contributed by atoms with Gasteiger partial charge in [0.1, 0.15) is 12.4 Å². The highest BCUT2D eigenvalue weighted by molar-refractivity contribution is 5.81. The maximum absolute atomic E-state index is 11.3. The Morgan fingerprint density at radius 3 is 2.88 bits per heavy atom. The number of carboxylic acid groups (broad SMARTS) is 1. The molecule has 0 aromatic carbocycles. The van der Waals surface area contributed by atoms with Gasteiger partial charge in [-0.05, 0) is 13.8 Å². The number of aliphatic carboxylic acids is 1. The van der Waals surface area contributed by atoms with E-state index in [1.54, 1.807) is 10.9 Å². The average Bonchev–Trinajstić information content (AvgIpc) is 2.73. The van der Waals surface area contributed by atoms with Gasteiger partial charge in [0.05, 0.1) is 6.54 Å². The molecule has 17 heavy (non-hydrogen) atoms. The number of urea groups is 1. The number of hydrogen-bond donors (Lipinski definition) is 3. The molecule has 0 bridgehead atoms. The second-order valence-electron chi connectivity index (χ2n) is 3.42. The van der Waals surface area contributed by atoms with Crippen molar-refractivity contribution in [1.29, 1.82) is 0 Å². The van der Waals surface area contributed by atoms with Crippen LogP contribution in [0.25, 0.3) is 0 Å². The molecular formula is C9H15N5O3. The van der Waals surface area contributed by atoms with Crippen molar-refractivity contribution in [3.8, 4) is 0 Å². The summed E-state index contributed by atoms with van der Waals surface area (Å²) in [7, 11) is 0. The summed E-state index contributed by atoms with van der Waals surface area (Å²) in [6.45, 7) is 4.22. The van der Waals surface area contributed by atoms with Crippen LogP contribution in [0.5, 0.6) is 0 Å². The molecule has 1 aromatic heterocycles. The quantitative estimate of drug-likeness (QED) is 0.648. The molecule has 3 N–H and O–H groups in total. The predicted molar refractivity (Wildman–Crippen MR) is 58.2 cm³/mol. The molecule has 94 valence electrons. The molecule has 1 atom stereocenters. The van der Waals surface area contributed by atoms with Gasteiger partial charge in [-0.25, -0.2) is 4.79 Å². The molecule has 8 heteroatoms. The molecule has 1 aromatic rings. The monoisotopic (exact) mass is 241 g/mol. The Balaban J connectivity index is 2.41. The molecule has 2 amide bonds. The van der Waals surface area contributed by atoms with Gasteiger partial charge >= 0.3 is 12.0 Å². The maximum Gasteiger partial charge on any atom is 0.325 e. The Labute approximate surface area is 98.0 Å². The lowest BCUT2D eigenvalue weighted by Crippen LogP contribution is -2.44. The standard InChI is InChI=1S/C9H15N5O3/c1-3-14-5-11-13-7(14)4-10-9(17)12-6(2)8(15)16/h5-6H,3-4H2,1-2H3,(H,15,16)(H2,10,12,17)/t6-/m1/s1. The van der Waals surface area contributed by atoms with Crippen LogP contribution in [-0.4, -0.2) is 37.9 Å². The van der Waals surface area contributed by atoms with Gasteiger partial charge in [0, 0.05) is 6.54 Å². The molecule has 1 rings (SSSR count). The normalized spacial score (nSPS) is 11.9. The summed E-state index contributed by atoms with van der Waals surface area (Å²) in [5.74, 6) is -0.470. The van der Waals surface area contributed by atoms with Crippen molar-refractivity contribution in [3.63, 3.8) is 0 Å². The molecule has 0 aliphatic heterocycles. The maximum atomic E-state index is 11.3. The smallest absolute Gasteiger partial charge is 0.325 e. The van der Waals surface area contributed by atoms with E-state index in [0.29, 0.717) is 12.4 Å². The molecular weight excluding hydrogens is 226 g/mol. The number of aryl methyl sites for hydroxylation is 1. The molecule has 1 heterocycles. The molecule has 0 spiro atoms. The van der Waals surface area contributed by atoms with E-state index in [1.807, 2.05) is 6.92 Å². The third-order valence-electron chi connectivity index (χ3n) is 2.16. The van der Waals surface area contributed by atoms with Crippen LogP contribution in [0.15, 0.2) is 6.33 Å². The number of rotatable bonds is 5. The lowest BCUT2D eigenvalue weighted by atomic mass is 10.3. The van der Waals surface area contributed by atoms with Crippen molar-refractivity contribution in [3.05, 3.63) is 12.2 Å². The molecule has 0 aliphatic carbocycles. The number of nitrogens with zero attached hydrogens (tertiary/aromatic N) is 3. The molecule has 0 saturated carbocycles. The van der Waals surface area contributed by atoms with Crippen LogP contribution >= 0.6 is 0 Å². The zero-order chi connectivity index (χ0) is 12.8. The number of carboxylic acids is 1. The van der Waals surface area contributed by atoms with Crippen LogP contribution in [0.4, 0.5) is 4.79 Å². The summed E-state index contributed by atoms with van der Waals surface area (Å²) in [4.78, 5) is 21.8. The topological polar surface area (TPSA) is 109 Å². The third-order valence-corrected chi connectivity index (χ3v) is 2.16. The van der Waals surface area contributed by atoms with E-state index < -0.39 is 18.0 Å². The second kappa shape index (κ2) is 5.83. The summed E-state index contributed by atoms with van der Waals surface area (Å²) in [6, 6.07) is -1.48. The van der Waals surface area contributed by atoms with Crippen molar-refractivity contribution in [2.45, 2.75) is 33.0 Å². The number of nitrogens with one attached hydrogen (secondary N) is 2. The summed E-state index contributed by atoms with van der Waals surface area (Å²) in [5, 5.41) is 20.9. The Morgan fingerprint density at radius 2 is 2.29 bits per heavy atom. The second-order valence-corrected chi connectivity index (χ2v) is 3.42. The lowest BCUT2D eigenvalue weighted by Gasteiger charge is -2.10. The summed E-state index contributed by atoms with van der Waals surface area (Å²) < 4.78 is 1.78. The predicted octanol–water partition coefficient (Wildman–Crippen LogP) is -0.430. The Hall–Kier alpha value is -2.12. The summed E-state index contributed by atoms with van der Waals surface area (Å²) in [6.07, 6.45) is 1.56. The van der Waals surface area contributed by atoms with Gasteiger partial charge in [-0.2, -0.15) is 0 Å². The zero-order valence-corrected chi connectivity index (χ0v) is 9.67. The van der Waals surface area contributed by atoms with E-state index >= 15 is 0 Å². The lowest BCUT2D eigenvalue weighted by molar-refractivity contribution is -0.138. The van der Waals surface area contributed by atoms with Gasteiger partial charge in [-0.15, -0.1) is 10.2 Å². The Kier molecular flexibility index (Phi) is 4.44. The minimum atomic E-state index is -1.09. The highest BCUT2D eigenvalue weighted by Crippen LogP contribution is 1.93. The van der Waals surface area contributed by atoms with Crippen LogP contribution in [0, 0.1) is 0 Å². The van der Waals surface area contributed by atoms with Crippen molar-refractivity contribution in [1.82, 2.24) is 25.4 Å². The van der Waals surface area contributed by atoms with Crippen molar-refractivity contribution >= 4 is 12.0 Å². The van der Waals surface area contributed by atoms with Crippen LogP contribution in [-0.2, 0) is 17.9 Å². The first-order chi connectivity index (χ1) is 8.04. The first kappa shape index (κ1) is 12.9. The van der Waals surface area contributed by atoms with E-state index in [4.69, 9.17) is 5.11 Å². The summed E-state index contributed by atoms with van der Waals surface area (Å²) in [5.41, 5.74) is 0. The van der Waals surface area contributed by atoms with Gasteiger partial charge in [0.25, 0.3) is 0 Å². The van der Waals surface area contributed by atoms with Crippen LogP contribution in [0.2, 0.25) is 0 Å². The van der Waals surface area contributed by atoms with Gasteiger partial charge in [-0.3, -0.25) is 4.79 Å². The first-order valence-electron chi connectivity index (χ1n) is 5.18. The number of aromatic nitrogens is 3. The van der Waals surface area contributed by atoms with Crippen molar-refractivity contribution < 1.29 is 14.7 Å². The van der Waals surface area contributed by atoms with Crippen molar-refractivity contribution in [2.24, 2.45) is 0 Å². The number of carbonyl (C=O) groups is 2. The number of hydrogen-bond acceptors (Lipinski definition) is 4. The molecule has 8 nitrogen and oxygen atoms in total. The summed E-state index contributed by atoms with van der Waals surface area (Å²) >= 11 is 0. The molecule has 0 radical (unpaired) electrons. The van der Waals surface area contributed by atoms with Crippen LogP contribution in [0.1, 0.15) is 19.7 Å². The highest BCUT2D eigenvalue weighted by Gasteiger charge is 2.13. The number of carbonyl (C=O) groups excluding carboxylic acids is 1. The minimum absolute atomic E-state index is 0.200. The fourth-order valence-corrected chi connectivity index (χ4v) is 1.15. The van der Waals surface area contributed by atoms with Crippen LogP contribution in [0.3, 0.4) is 0 Å². The van der Waals surface area contributed by atoms with E-state index in [2.05, 4.69) is 20.8 Å². The zero-order valence-electron chi connectivity index (χ0n) is 9.67. The van der Waals surface area contributed by atoms with Gasteiger partial charge in [-0.1, -0.05) is 0 Å². The van der Waals surface area contributed by atoms with Gasteiger partial charge < -0.3 is 20.3 Å². The SMILES string of the molecule is CCn1cnnc1CNC(=O)N[C@H](C)C(=O)O. The first-order valence-corrected chi connectivity index (χ1v) is 5.18. The molecule has 0 saturated heterocycles. The van der Waals surface area contributed by atoms with Crippen molar-refractivity contribution in [2.75, 3.05) is 0 Å². The van der Waals surface area contributed by atoms with Crippen LogP contribution < -0.4 is 10.6 Å². The Bertz CT molecular complexity index is 403. The van der Waals surface area contributed by atoms with E-state index in [0.717, 1.165) is 0 Å². The fourth-order valence-electron chi connectivity index (χ4n) is 1.15. The fraction of sp³-hybridized carbons (Fsp3) is 0.556. The van der Waals surface area contributed by atoms with E-state index in [1.165, 1.54) is 6.92 Å². The average molecular weight is 241 g/mol. The molecule has 0 aliphatic rings. The third kappa shape index (κ3) is 3.74. The highest BCUT2D eigenvalue weighted by atomic mass is 16.4. The number of amides is 2. The van der Waals surface area contributed by atoms with Gasteiger partial charge in [0.2, 0.25) is 0 Å². The van der Waals surface area contributed by atoms with E-state index in [9.17, 15) is 9.59 Å². The minimum Gasteiger partial charge on any atom is -0.480 e. The largest absolute Gasteiger partial charge is 0.480 e. The molecule has 0 unspecified atom stereocenters. The van der Waals surface area contributed by atoms with E-state index in [-0.39, 0.29) is 6.54 Å². The van der Waals surface area contributed by atoms with Gasteiger partial charge in [0.15, 0.2) is 5.82 Å². The Morgan fingerprint density at radius 1 is 1.59 bits per heavy atom. The molecule has 0 fully saturated rings.